The maximum absolute atomic E-state index is 13.3. The number of amides is 1. The summed E-state index contributed by atoms with van der Waals surface area (Å²) in [7, 11) is 0. The molecule has 3 saturated carbocycles. The van der Waals surface area contributed by atoms with Gasteiger partial charge in [-0.1, -0.05) is 48.9 Å². The van der Waals surface area contributed by atoms with Crippen LogP contribution in [-0.2, 0) is 39.9 Å². The number of nitrogens with two attached hydrogens (primary N) is 1. The zero-order valence-corrected chi connectivity index (χ0v) is 31.5. The molecule has 0 aliphatic heterocycles. The number of hydrogen-bond acceptors (Lipinski definition) is 11. The molecule has 7 rings (SSSR count). The summed E-state index contributed by atoms with van der Waals surface area (Å²) in [6.07, 6.45) is 10.2. The van der Waals surface area contributed by atoms with E-state index >= 15 is 0 Å². The van der Waals surface area contributed by atoms with Gasteiger partial charge in [-0.2, -0.15) is 0 Å². The highest BCUT2D eigenvalue weighted by Crippen LogP contribution is 2.63. The van der Waals surface area contributed by atoms with E-state index in [2.05, 4.69) is 10.3 Å². The number of anilines is 1. The van der Waals surface area contributed by atoms with E-state index in [1.54, 1.807) is 24.5 Å². The van der Waals surface area contributed by atoms with Gasteiger partial charge in [-0.25, -0.2) is 0 Å². The molecule has 0 saturated heterocycles. The molecule has 294 valence electrons. The number of hydrogen-bond donors (Lipinski definition) is 4. The topological polar surface area (TPSA) is 195 Å². The molecular formula is C44H49N3O9. The quantitative estimate of drug-likeness (QED) is 0.179. The van der Waals surface area contributed by atoms with Crippen LogP contribution in [0.3, 0.4) is 0 Å². The van der Waals surface area contributed by atoms with E-state index < -0.39 is 53.3 Å². The van der Waals surface area contributed by atoms with Gasteiger partial charge in [0.05, 0.1) is 43.0 Å². The van der Waals surface area contributed by atoms with Crippen molar-refractivity contribution >= 4 is 45.9 Å². The molecule has 2 aromatic carbocycles. The van der Waals surface area contributed by atoms with Crippen molar-refractivity contribution in [3.8, 4) is 0 Å². The van der Waals surface area contributed by atoms with Gasteiger partial charge in [-0.15, -0.1) is 0 Å². The SMILES string of the molecule is C[C@]12C=CC(=O)C=C1CC[C@@H]1C2[C@@H](O)C[C@@]2(O)C1CC[C@@H]2C(=O)COC(=O)CCC(=O)OCCc1ccc(C(CN)C(=O)Nc2ccc3cnccc3c2)cc1. The predicted octanol–water partition coefficient (Wildman–Crippen LogP) is 4.51. The largest absolute Gasteiger partial charge is 0.465 e. The maximum atomic E-state index is 13.3. The molecule has 5 N–H and O–H groups in total. The van der Waals surface area contributed by atoms with Crippen LogP contribution >= 0.6 is 0 Å². The van der Waals surface area contributed by atoms with Gasteiger partial charge in [0.1, 0.15) is 6.61 Å². The number of Topliss-reactive ketones (excluding diaryl/α,β-unsaturated/α-hetero) is 1. The first-order chi connectivity index (χ1) is 26.9. The number of aliphatic hydroxyl groups excluding tert-OH is 1. The van der Waals surface area contributed by atoms with Crippen molar-refractivity contribution < 1.29 is 43.7 Å². The fourth-order valence-corrected chi connectivity index (χ4v) is 9.96. The fraction of sp³-hybridized carbons (Fsp3) is 0.455. The predicted molar refractivity (Wildman–Crippen MR) is 207 cm³/mol. The Morgan fingerprint density at radius 1 is 1.00 bits per heavy atom. The van der Waals surface area contributed by atoms with E-state index in [-0.39, 0.29) is 61.9 Å². The summed E-state index contributed by atoms with van der Waals surface area (Å²) in [5.74, 6) is -3.66. The first-order valence-corrected chi connectivity index (χ1v) is 19.5. The molecule has 1 aromatic heterocycles. The molecule has 4 aliphatic carbocycles. The second kappa shape index (κ2) is 16.2. The number of nitrogens with one attached hydrogen (secondary N) is 1. The molecular weight excluding hydrogens is 714 g/mol. The molecule has 1 amide bonds. The molecule has 4 aliphatic rings. The third-order valence-electron chi connectivity index (χ3n) is 12.8. The number of pyridine rings is 1. The van der Waals surface area contributed by atoms with E-state index in [4.69, 9.17) is 15.2 Å². The van der Waals surface area contributed by atoms with Gasteiger partial charge in [0.2, 0.25) is 5.91 Å². The number of fused-ring (bicyclic) bond motifs is 6. The summed E-state index contributed by atoms with van der Waals surface area (Å²) in [5, 5.41) is 28.2. The van der Waals surface area contributed by atoms with Crippen molar-refractivity contribution in [2.24, 2.45) is 34.8 Å². The van der Waals surface area contributed by atoms with Crippen LogP contribution in [0, 0.1) is 29.1 Å². The smallest absolute Gasteiger partial charge is 0.306 e. The van der Waals surface area contributed by atoms with Crippen LogP contribution in [-0.4, -0.2) is 76.1 Å². The number of esters is 2. The Hall–Kier alpha value is -5.04. The van der Waals surface area contributed by atoms with E-state index in [1.807, 2.05) is 61.5 Å². The van der Waals surface area contributed by atoms with Crippen LogP contribution in [0.4, 0.5) is 5.69 Å². The average Bonchev–Trinajstić information content (AvgIpc) is 3.53. The zero-order chi connectivity index (χ0) is 39.6. The Morgan fingerprint density at radius 3 is 2.54 bits per heavy atom. The molecule has 0 bridgehead atoms. The summed E-state index contributed by atoms with van der Waals surface area (Å²) < 4.78 is 10.6. The van der Waals surface area contributed by atoms with Gasteiger partial charge in [0.25, 0.3) is 0 Å². The average molecular weight is 764 g/mol. The number of ketones is 2. The molecule has 12 nitrogen and oxygen atoms in total. The number of aliphatic hydroxyl groups is 2. The number of rotatable bonds is 13. The standard InChI is InChI=1S/C44H49N3O9/c1-43-17-14-32(48)21-30(43)7-9-33-35-10-11-36(44(35,54)22-37(49)41(33)43)38(50)25-56-40(52)13-12-39(51)55-19-16-26-2-4-27(5-3-26)34(23-45)42(53)47-31-8-6-29-24-46-18-15-28(29)20-31/h2-6,8,14-15,17-18,20-21,24,33-37,41,49,54H,7,9-13,16,19,22-23,25,45H2,1H3,(H,47,53)/t33-,34?,35?,36+,37-,41?,43-,44+/m0/s1. The minimum absolute atomic E-state index is 0.0168. The molecule has 3 fully saturated rings. The highest BCUT2D eigenvalue weighted by Gasteiger charge is 2.64. The van der Waals surface area contributed by atoms with Gasteiger partial charge in [0, 0.05) is 54.2 Å². The van der Waals surface area contributed by atoms with Gasteiger partial charge in [0.15, 0.2) is 11.6 Å². The minimum atomic E-state index is -1.41. The lowest BCUT2D eigenvalue weighted by molar-refractivity contribution is -0.175. The van der Waals surface area contributed by atoms with Gasteiger partial charge < -0.3 is 30.7 Å². The van der Waals surface area contributed by atoms with Crippen molar-refractivity contribution in [2.45, 2.75) is 75.9 Å². The normalized spacial score (nSPS) is 28.3. The molecule has 0 spiro atoms. The van der Waals surface area contributed by atoms with Crippen molar-refractivity contribution in [1.82, 2.24) is 4.98 Å². The van der Waals surface area contributed by atoms with Gasteiger partial charge in [-0.05, 0) is 84.4 Å². The third kappa shape index (κ3) is 7.83. The van der Waals surface area contributed by atoms with Crippen molar-refractivity contribution in [1.29, 1.82) is 0 Å². The number of allylic oxidation sites excluding steroid dienone is 4. The monoisotopic (exact) mass is 763 g/mol. The highest BCUT2D eigenvalue weighted by molar-refractivity contribution is 6.01. The lowest BCUT2D eigenvalue weighted by Crippen LogP contribution is -2.60. The van der Waals surface area contributed by atoms with Gasteiger partial charge in [-0.3, -0.25) is 29.0 Å². The molecule has 56 heavy (non-hydrogen) atoms. The van der Waals surface area contributed by atoms with Crippen LogP contribution in [0.15, 0.2) is 84.7 Å². The lowest BCUT2D eigenvalue weighted by Gasteiger charge is -2.57. The second-order valence-electron chi connectivity index (χ2n) is 16.0. The number of benzene rings is 2. The van der Waals surface area contributed by atoms with Crippen LogP contribution < -0.4 is 11.1 Å². The van der Waals surface area contributed by atoms with Crippen LogP contribution in [0.25, 0.3) is 10.8 Å². The van der Waals surface area contributed by atoms with E-state index in [1.165, 1.54) is 0 Å². The third-order valence-corrected chi connectivity index (χ3v) is 12.8. The van der Waals surface area contributed by atoms with Crippen molar-refractivity contribution in [3.63, 3.8) is 0 Å². The van der Waals surface area contributed by atoms with Gasteiger partial charge >= 0.3 is 11.9 Å². The maximum Gasteiger partial charge on any atom is 0.306 e. The second-order valence-corrected chi connectivity index (χ2v) is 16.0. The first-order valence-electron chi connectivity index (χ1n) is 19.5. The lowest BCUT2D eigenvalue weighted by atomic mass is 9.49. The zero-order valence-electron chi connectivity index (χ0n) is 31.5. The van der Waals surface area contributed by atoms with Crippen LogP contribution in [0.1, 0.15) is 68.9 Å². The molecule has 12 heteroatoms. The number of carbonyl (C=O) groups is 5. The Kier molecular flexibility index (Phi) is 11.3. The molecule has 3 aromatic rings. The summed E-state index contributed by atoms with van der Waals surface area (Å²) in [6, 6.07) is 14.8. The molecule has 3 unspecified atom stereocenters. The first kappa shape index (κ1) is 39.2. The molecule has 1 heterocycles. The summed E-state index contributed by atoms with van der Waals surface area (Å²) in [5.41, 5.74) is 7.42. The number of carbonyl (C=O) groups excluding carboxylic acids is 5. The van der Waals surface area contributed by atoms with Crippen molar-refractivity contribution in [2.75, 3.05) is 25.1 Å². The van der Waals surface area contributed by atoms with Crippen LogP contribution in [0.2, 0.25) is 0 Å². The summed E-state index contributed by atoms with van der Waals surface area (Å²) >= 11 is 0. The minimum Gasteiger partial charge on any atom is -0.465 e. The van der Waals surface area contributed by atoms with Crippen LogP contribution in [0.5, 0.6) is 0 Å². The summed E-state index contributed by atoms with van der Waals surface area (Å²) in [4.78, 5) is 67.5. The van der Waals surface area contributed by atoms with E-state index in [9.17, 15) is 34.2 Å². The number of ether oxygens (including phenoxy) is 2. The number of nitrogens with zero attached hydrogens (tertiary/aromatic N) is 1. The van der Waals surface area contributed by atoms with E-state index in [0.717, 1.165) is 33.9 Å². The highest BCUT2D eigenvalue weighted by atomic mass is 16.5. The number of aromatic nitrogens is 1. The Labute approximate surface area is 325 Å². The van der Waals surface area contributed by atoms with Crippen molar-refractivity contribution in [3.05, 3.63) is 95.9 Å². The fourth-order valence-electron chi connectivity index (χ4n) is 9.96. The Morgan fingerprint density at radius 2 is 1.77 bits per heavy atom. The van der Waals surface area contributed by atoms with E-state index in [0.29, 0.717) is 31.4 Å². The molecule has 0 radical (unpaired) electrons. The molecule has 8 atom stereocenters. The Balaban J connectivity index is 0.827. The Bertz CT molecular complexity index is 2080. The summed E-state index contributed by atoms with van der Waals surface area (Å²) in [6.45, 7) is 1.74.